The lowest BCUT2D eigenvalue weighted by Gasteiger charge is -2.37. The maximum atomic E-state index is 11.8. The number of aliphatic hydroxyl groups is 1. The average Bonchev–Trinajstić information content (AvgIpc) is 2.27. The van der Waals surface area contributed by atoms with Crippen LogP contribution in [-0.4, -0.2) is 63.4 Å². The van der Waals surface area contributed by atoms with Crippen LogP contribution < -0.4 is 5.32 Å². The zero-order valence-electron chi connectivity index (χ0n) is 10.7. The first-order chi connectivity index (χ1) is 8.32. The molecule has 1 unspecified atom stereocenters. The molecule has 0 aromatic carbocycles. The molecule has 18 heavy (non-hydrogen) atoms. The van der Waals surface area contributed by atoms with E-state index in [2.05, 4.69) is 19.2 Å². The van der Waals surface area contributed by atoms with Crippen LogP contribution in [0.3, 0.4) is 0 Å². The van der Waals surface area contributed by atoms with Crippen LogP contribution in [0.1, 0.15) is 20.3 Å². The second-order valence-electron chi connectivity index (χ2n) is 4.90. The van der Waals surface area contributed by atoms with Crippen LogP contribution in [0.5, 0.6) is 0 Å². The fourth-order valence-electron chi connectivity index (χ4n) is 1.74. The smallest absolute Gasteiger partial charge is 0.332 e. The summed E-state index contributed by atoms with van der Waals surface area (Å²) in [6.45, 7) is 5.71. The second kappa shape index (κ2) is 6.29. The maximum Gasteiger partial charge on any atom is 0.332 e. The normalized spacial score (nSPS) is 20.3. The molecule has 0 aliphatic carbocycles. The number of thioether (sulfide) groups is 1. The van der Waals surface area contributed by atoms with Crippen LogP contribution in [0, 0.1) is 0 Å². The van der Waals surface area contributed by atoms with Crippen molar-refractivity contribution < 1.29 is 19.8 Å². The predicted octanol–water partition coefficient (Wildman–Crippen LogP) is 0.359. The number of amides is 2. The number of nitrogens with one attached hydrogen (secondary N) is 1. The molecule has 0 aromatic rings. The van der Waals surface area contributed by atoms with E-state index in [1.807, 2.05) is 11.8 Å². The summed E-state index contributed by atoms with van der Waals surface area (Å²) in [7, 11) is 0. The molecule has 1 fully saturated rings. The van der Waals surface area contributed by atoms with Crippen molar-refractivity contribution in [2.24, 2.45) is 0 Å². The van der Waals surface area contributed by atoms with Crippen LogP contribution in [-0.2, 0) is 4.79 Å². The number of aliphatic carboxylic acids is 1. The summed E-state index contributed by atoms with van der Waals surface area (Å²) in [5.41, 5.74) is 0. The molecule has 1 heterocycles. The first-order valence-electron chi connectivity index (χ1n) is 5.89. The van der Waals surface area contributed by atoms with Gasteiger partial charge in [-0.05, 0) is 13.8 Å². The van der Waals surface area contributed by atoms with Gasteiger partial charge >= 0.3 is 12.0 Å². The Kier molecular flexibility index (Phi) is 5.28. The van der Waals surface area contributed by atoms with Gasteiger partial charge in [0.1, 0.15) is 0 Å². The van der Waals surface area contributed by atoms with E-state index >= 15 is 0 Å². The van der Waals surface area contributed by atoms with Crippen molar-refractivity contribution in [3.63, 3.8) is 0 Å². The van der Waals surface area contributed by atoms with Gasteiger partial charge in [0, 0.05) is 36.6 Å². The molecule has 2 amide bonds. The van der Waals surface area contributed by atoms with Gasteiger partial charge in [0.25, 0.3) is 0 Å². The molecule has 1 aliphatic rings. The Hall–Kier alpha value is -0.950. The van der Waals surface area contributed by atoms with Crippen molar-refractivity contribution in [1.29, 1.82) is 0 Å². The third-order valence-electron chi connectivity index (χ3n) is 2.69. The largest absolute Gasteiger partial charge is 0.479 e. The average molecular weight is 276 g/mol. The van der Waals surface area contributed by atoms with Gasteiger partial charge in [-0.1, -0.05) is 0 Å². The highest BCUT2D eigenvalue weighted by atomic mass is 32.2. The minimum atomic E-state index is -1.42. The Bertz CT molecular complexity index is 322. The van der Waals surface area contributed by atoms with Crippen molar-refractivity contribution in [3.05, 3.63) is 0 Å². The topological polar surface area (TPSA) is 89.9 Å². The molecular weight excluding hydrogens is 256 g/mol. The monoisotopic (exact) mass is 276 g/mol. The van der Waals surface area contributed by atoms with Crippen molar-refractivity contribution in [2.45, 2.75) is 31.1 Å². The Morgan fingerprint density at radius 1 is 1.50 bits per heavy atom. The van der Waals surface area contributed by atoms with Gasteiger partial charge in [0.2, 0.25) is 0 Å². The lowest BCUT2D eigenvalue weighted by Crippen LogP contribution is -2.50. The molecular formula is C11H20N2O4S. The summed E-state index contributed by atoms with van der Waals surface area (Å²) in [4.78, 5) is 23.9. The van der Waals surface area contributed by atoms with E-state index < -0.39 is 12.1 Å². The fourth-order valence-corrected chi connectivity index (χ4v) is 2.85. The van der Waals surface area contributed by atoms with Crippen molar-refractivity contribution in [1.82, 2.24) is 10.2 Å². The quantitative estimate of drug-likeness (QED) is 0.690. The number of hydrogen-bond acceptors (Lipinski definition) is 4. The Morgan fingerprint density at radius 2 is 2.17 bits per heavy atom. The molecule has 104 valence electrons. The van der Waals surface area contributed by atoms with Gasteiger partial charge in [-0.15, -0.1) is 0 Å². The predicted molar refractivity (Wildman–Crippen MR) is 69.8 cm³/mol. The molecule has 0 bridgehead atoms. The molecule has 6 nitrogen and oxygen atoms in total. The number of carbonyl (C=O) groups is 2. The SMILES string of the molecule is CC1(C)CN(C(=O)NCCC(O)C(=O)O)CCS1. The Balaban J connectivity index is 2.30. The van der Waals surface area contributed by atoms with Crippen molar-refractivity contribution >= 4 is 23.8 Å². The minimum Gasteiger partial charge on any atom is -0.479 e. The van der Waals surface area contributed by atoms with Gasteiger partial charge in [-0.3, -0.25) is 0 Å². The van der Waals surface area contributed by atoms with Crippen LogP contribution in [0.2, 0.25) is 0 Å². The van der Waals surface area contributed by atoms with E-state index in [-0.39, 0.29) is 23.7 Å². The van der Waals surface area contributed by atoms with Gasteiger partial charge in [0.15, 0.2) is 6.10 Å². The number of urea groups is 1. The summed E-state index contributed by atoms with van der Waals surface area (Å²) in [5, 5.41) is 20.2. The molecule has 1 rings (SSSR count). The zero-order valence-corrected chi connectivity index (χ0v) is 11.5. The molecule has 0 spiro atoms. The van der Waals surface area contributed by atoms with E-state index in [1.165, 1.54) is 0 Å². The maximum absolute atomic E-state index is 11.8. The Labute approximate surface area is 111 Å². The van der Waals surface area contributed by atoms with Gasteiger partial charge in [-0.25, -0.2) is 9.59 Å². The zero-order chi connectivity index (χ0) is 13.8. The van der Waals surface area contributed by atoms with Crippen LogP contribution in [0.15, 0.2) is 0 Å². The molecule has 0 aromatic heterocycles. The van der Waals surface area contributed by atoms with E-state index in [9.17, 15) is 9.59 Å². The molecule has 0 saturated carbocycles. The highest BCUT2D eigenvalue weighted by Crippen LogP contribution is 2.29. The summed E-state index contributed by atoms with van der Waals surface area (Å²) >= 11 is 1.83. The van der Waals surface area contributed by atoms with Gasteiger partial charge < -0.3 is 20.4 Å². The number of hydrogen-bond donors (Lipinski definition) is 3. The number of carboxylic acids is 1. The lowest BCUT2D eigenvalue weighted by molar-refractivity contribution is -0.146. The highest BCUT2D eigenvalue weighted by Gasteiger charge is 2.29. The molecule has 3 N–H and O–H groups in total. The first kappa shape index (κ1) is 15.1. The standard InChI is InChI=1S/C11H20N2O4S/c1-11(2)7-13(5-6-18-11)10(17)12-4-3-8(14)9(15)16/h8,14H,3-7H2,1-2H3,(H,12,17)(H,15,16). The van der Waals surface area contributed by atoms with Crippen LogP contribution in [0.4, 0.5) is 4.79 Å². The molecule has 1 atom stereocenters. The highest BCUT2D eigenvalue weighted by molar-refractivity contribution is 8.00. The van der Waals surface area contributed by atoms with Crippen LogP contribution >= 0.6 is 11.8 Å². The number of nitrogens with zero attached hydrogens (tertiary/aromatic N) is 1. The number of carboxylic acid groups (broad SMARTS) is 1. The fraction of sp³-hybridized carbons (Fsp3) is 0.818. The summed E-state index contributed by atoms with van der Waals surface area (Å²) < 4.78 is 0.0518. The molecule has 7 heteroatoms. The molecule has 1 saturated heterocycles. The molecule has 1 aliphatic heterocycles. The minimum absolute atomic E-state index is 0.0209. The van der Waals surface area contributed by atoms with E-state index in [0.717, 1.165) is 5.75 Å². The van der Waals surface area contributed by atoms with Gasteiger partial charge in [0.05, 0.1) is 0 Å². The van der Waals surface area contributed by atoms with Crippen molar-refractivity contribution in [3.8, 4) is 0 Å². The first-order valence-corrected chi connectivity index (χ1v) is 6.88. The van der Waals surface area contributed by atoms with E-state index in [1.54, 1.807) is 4.90 Å². The van der Waals surface area contributed by atoms with Crippen LogP contribution in [0.25, 0.3) is 0 Å². The number of rotatable bonds is 4. The lowest BCUT2D eigenvalue weighted by atomic mass is 10.2. The third-order valence-corrected chi connectivity index (χ3v) is 3.99. The third kappa shape index (κ3) is 4.73. The van der Waals surface area contributed by atoms with E-state index in [4.69, 9.17) is 10.2 Å². The van der Waals surface area contributed by atoms with E-state index in [0.29, 0.717) is 13.1 Å². The number of aliphatic hydroxyl groups excluding tert-OH is 1. The summed E-state index contributed by atoms with van der Waals surface area (Å²) in [6.07, 6.45) is -1.40. The van der Waals surface area contributed by atoms with Gasteiger partial charge in [-0.2, -0.15) is 11.8 Å². The number of carbonyl (C=O) groups excluding carboxylic acids is 1. The second-order valence-corrected chi connectivity index (χ2v) is 6.71. The summed E-state index contributed by atoms with van der Waals surface area (Å²) in [5.74, 6) is -0.363. The Morgan fingerprint density at radius 3 is 2.72 bits per heavy atom. The van der Waals surface area contributed by atoms with Crippen molar-refractivity contribution in [2.75, 3.05) is 25.4 Å². The molecule has 0 radical (unpaired) electrons. The summed E-state index contributed by atoms with van der Waals surface area (Å²) in [6, 6.07) is -0.194.